The molecule has 0 aromatic heterocycles. The summed E-state index contributed by atoms with van der Waals surface area (Å²) >= 11 is 0. The van der Waals surface area contributed by atoms with E-state index in [4.69, 9.17) is 0 Å². The van der Waals surface area contributed by atoms with Crippen LogP contribution in [0.2, 0.25) is 0 Å². The van der Waals surface area contributed by atoms with E-state index in [2.05, 4.69) is 17.0 Å². The van der Waals surface area contributed by atoms with Crippen LogP contribution in [0.5, 0.6) is 0 Å². The zero-order valence-corrected chi connectivity index (χ0v) is 16.8. The van der Waals surface area contributed by atoms with Crippen LogP contribution in [0.15, 0.2) is 48.5 Å². The van der Waals surface area contributed by atoms with Crippen LogP contribution in [0.1, 0.15) is 42.1 Å². The summed E-state index contributed by atoms with van der Waals surface area (Å²) in [5, 5.41) is 2.85. The molecule has 2 aromatic rings. The van der Waals surface area contributed by atoms with Crippen molar-refractivity contribution in [3.63, 3.8) is 0 Å². The number of unbranched alkanes of at least 4 members (excludes halogenated alkanes) is 2. The molecular formula is C20H27N3O3S. The number of hydrogen-bond donors (Lipinski definition) is 2. The first kappa shape index (κ1) is 20.9. The van der Waals surface area contributed by atoms with Gasteiger partial charge in [-0.15, -0.1) is 0 Å². The monoisotopic (exact) mass is 389 g/mol. The number of amides is 1. The fourth-order valence-electron chi connectivity index (χ4n) is 2.47. The van der Waals surface area contributed by atoms with Crippen molar-refractivity contribution in [1.82, 2.24) is 4.31 Å². The molecule has 2 rings (SSSR count). The van der Waals surface area contributed by atoms with Crippen LogP contribution in [0.25, 0.3) is 0 Å². The third-order valence-corrected chi connectivity index (χ3v) is 5.61. The highest BCUT2D eigenvalue weighted by Crippen LogP contribution is 2.16. The van der Waals surface area contributed by atoms with E-state index in [1.54, 1.807) is 24.3 Å². The van der Waals surface area contributed by atoms with Gasteiger partial charge in [-0.25, -0.2) is 0 Å². The van der Waals surface area contributed by atoms with Crippen molar-refractivity contribution < 1.29 is 13.2 Å². The standard InChI is InChI=1S/C20H27N3O3S/c1-4-5-6-7-16-8-12-18(13-9-16)21-20(24)17-10-14-19(15-11-17)22-27(25,26)23(2)3/h8-15,22H,4-7H2,1-3H3,(H,21,24). The van der Waals surface area contributed by atoms with Crippen molar-refractivity contribution >= 4 is 27.5 Å². The second-order valence-electron chi connectivity index (χ2n) is 6.57. The molecule has 7 heteroatoms. The zero-order chi connectivity index (χ0) is 19.9. The Morgan fingerprint density at radius 2 is 1.52 bits per heavy atom. The molecule has 0 aliphatic carbocycles. The molecule has 1 amide bonds. The fourth-order valence-corrected chi connectivity index (χ4v) is 3.08. The molecule has 0 bridgehead atoms. The first-order valence-electron chi connectivity index (χ1n) is 9.02. The molecule has 0 aliphatic heterocycles. The summed E-state index contributed by atoms with van der Waals surface area (Å²) in [5.41, 5.74) is 2.85. The molecule has 0 heterocycles. The molecule has 0 atom stereocenters. The highest BCUT2D eigenvalue weighted by molar-refractivity contribution is 7.90. The van der Waals surface area contributed by atoms with E-state index in [0.717, 1.165) is 16.4 Å². The molecule has 146 valence electrons. The Hall–Kier alpha value is -2.38. The predicted molar refractivity (Wildman–Crippen MR) is 110 cm³/mol. The third-order valence-electron chi connectivity index (χ3n) is 4.16. The van der Waals surface area contributed by atoms with Crippen LogP contribution < -0.4 is 10.0 Å². The van der Waals surface area contributed by atoms with Gasteiger partial charge >= 0.3 is 10.2 Å². The Morgan fingerprint density at radius 1 is 0.926 bits per heavy atom. The summed E-state index contributed by atoms with van der Waals surface area (Å²) in [5.74, 6) is -0.240. The van der Waals surface area contributed by atoms with Gasteiger partial charge < -0.3 is 5.32 Å². The molecule has 0 aliphatic rings. The van der Waals surface area contributed by atoms with Gasteiger partial charge in [0.15, 0.2) is 0 Å². The number of benzene rings is 2. The Balaban J connectivity index is 1.96. The van der Waals surface area contributed by atoms with Crippen LogP contribution in [0.4, 0.5) is 11.4 Å². The SMILES string of the molecule is CCCCCc1ccc(NC(=O)c2ccc(NS(=O)(=O)N(C)C)cc2)cc1. The third kappa shape index (κ3) is 6.37. The van der Waals surface area contributed by atoms with Crippen molar-refractivity contribution in [3.8, 4) is 0 Å². The molecule has 2 aromatic carbocycles. The van der Waals surface area contributed by atoms with Gasteiger partial charge in [0.2, 0.25) is 0 Å². The van der Waals surface area contributed by atoms with Crippen molar-refractivity contribution in [2.75, 3.05) is 24.1 Å². The zero-order valence-electron chi connectivity index (χ0n) is 16.0. The van der Waals surface area contributed by atoms with Crippen LogP contribution in [0.3, 0.4) is 0 Å². The van der Waals surface area contributed by atoms with Crippen LogP contribution in [0, 0.1) is 0 Å². The lowest BCUT2D eigenvalue weighted by Crippen LogP contribution is -2.28. The lowest BCUT2D eigenvalue weighted by Gasteiger charge is -2.13. The molecule has 0 fully saturated rings. The first-order valence-corrected chi connectivity index (χ1v) is 10.5. The van der Waals surface area contributed by atoms with Gasteiger partial charge in [0.1, 0.15) is 0 Å². The number of nitrogens with one attached hydrogen (secondary N) is 2. The molecule has 6 nitrogen and oxygen atoms in total. The van der Waals surface area contributed by atoms with Gasteiger partial charge in [0.05, 0.1) is 0 Å². The van der Waals surface area contributed by atoms with Gasteiger partial charge in [-0.1, -0.05) is 31.9 Å². The van der Waals surface area contributed by atoms with E-state index in [-0.39, 0.29) is 5.91 Å². The van der Waals surface area contributed by atoms with Crippen LogP contribution >= 0.6 is 0 Å². The highest BCUT2D eigenvalue weighted by Gasteiger charge is 2.13. The van der Waals surface area contributed by atoms with Gasteiger partial charge in [-0.3, -0.25) is 9.52 Å². The first-order chi connectivity index (χ1) is 12.8. The minimum atomic E-state index is -3.56. The van der Waals surface area contributed by atoms with Crippen molar-refractivity contribution in [3.05, 3.63) is 59.7 Å². The summed E-state index contributed by atoms with van der Waals surface area (Å²) in [6.07, 6.45) is 4.64. The smallest absolute Gasteiger partial charge is 0.301 e. The maximum atomic E-state index is 12.4. The van der Waals surface area contributed by atoms with Gasteiger partial charge in [0, 0.05) is 31.0 Å². The second kappa shape index (κ2) is 9.53. The number of hydrogen-bond acceptors (Lipinski definition) is 3. The molecule has 0 radical (unpaired) electrons. The van der Waals surface area contributed by atoms with E-state index >= 15 is 0 Å². The molecule has 2 N–H and O–H groups in total. The number of nitrogens with zero attached hydrogens (tertiary/aromatic N) is 1. The maximum Gasteiger partial charge on any atom is 0.301 e. The van der Waals surface area contributed by atoms with E-state index in [0.29, 0.717) is 11.3 Å². The second-order valence-corrected chi connectivity index (χ2v) is 8.46. The van der Waals surface area contributed by atoms with E-state index in [1.165, 1.54) is 38.9 Å². The molecule has 0 saturated carbocycles. The normalized spacial score (nSPS) is 11.4. The number of carbonyl (C=O) groups excluding carboxylic acids is 1. The average molecular weight is 390 g/mol. The van der Waals surface area contributed by atoms with Crippen LogP contribution in [-0.2, 0) is 16.6 Å². The largest absolute Gasteiger partial charge is 0.322 e. The number of rotatable bonds is 9. The molecular weight excluding hydrogens is 362 g/mol. The summed E-state index contributed by atoms with van der Waals surface area (Å²) in [6.45, 7) is 2.18. The molecule has 0 spiro atoms. The van der Waals surface area contributed by atoms with Gasteiger partial charge in [-0.2, -0.15) is 12.7 Å². The van der Waals surface area contributed by atoms with Gasteiger partial charge in [-0.05, 0) is 54.8 Å². The maximum absolute atomic E-state index is 12.4. The quantitative estimate of drug-likeness (QED) is 0.639. The molecule has 0 unspecified atom stereocenters. The number of carbonyl (C=O) groups is 1. The Labute approximate surface area is 161 Å². The lowest BCUT2D eigenvalue weighted by molar-refractivity contribution is 0.102. The van der Waals surface area contributed by atoms with E-state index in [9.17, 15) is 13.2 Å². The summed E-state index contributed by atoms with van der Waals surface area (Å²) in [6, 6.07) is 14.2. The van der Waals surface area contributed by atoms with Gasteiger partial charge in [0.25, 0.3) is 5.91 Å². The summed E-state index contributed by atoms with van der Waals surface area (Å²) in [7, 11) is -0.675. The van der Waals surface area contributed by atoms with Crippen molar-refractivity contribution in [1.29, 1.82) is 0 Å². The number of aryl methyl sites for hydroxylation is 1. The van der Waals surface area contributed by atoms with Crippen molar-refractivity contribution in [2.45, 2.75) is 32.6 Å². The fraction of sp³-hybridized carbons (Fsp3) is 0.350. The Morgan fingerprint density at radius 3 is 2.07 bits per heavy atom. The predicted octanol–water partition coefficient (Wildman–Crippen LogP) is 3.89. The lowest BCUT2D eigenvalue weighted by atomic mass is 10.1. The summed E-state index contributed by atoms with van der Waals surface area (Å²) < 4.78 is 27.1. The van der Waals surface area contributed by atoms with Crippen LogP contribution in [-0.4, -0.2) is 32.7 Å². The average Bonchev–Trinajstić information content (AvgIpc) is 2.63. The van der Waals surface area contributed by atoms with E-state index < -0.39 is 10.2 Å². The molecule has 27 heavy (non-hydrogen) atoms. The number of anilines is 2. The highest BCUT2D eigenvalue weighted by atomic mass is 32.2. The molecule has 0 saturated heterocycles. The minimum absolute atomic E-state index is 0.240. The Kier molecular flexibility index (Phi) is 7.38. The summed E-state index contributed by atoms with van der Waals surface area (Å²) in [4.78, 5) is 12.4. The topological polar surface area (TPSA) is 78.5 Å². The minimum Gasteiger partial charge on any atom is -0.322 e. The Bertz CT molecular complexity index is 845. The van der Waals surface area contributed by atoms with Crippen molar-refractivity contribution in [2.24, 2.45) is 0 Å². The van der Waals surface area contributed by atoms with E-state index in [1.807, 2.05) is 24.3 Å².